The maximum Gasteiger partial charge on any atom is 0.316 e. The lowest BCUT2D eigenvalue weighted by Gasteiger charge is -2.32. The molecule has 0 unspecified atom stereocenters. The van der Waals surface area contributed by atoms with Gasteiger partial charge in [-0.05, 0) is 37.1 Å². The van der Waals surface area contributed by atoms with Gasteiger partial charge in [-0.1, -0.05) is 18.2 Å². The van der Waals surface area contributed by atoms with E-state index in [1.807, 2.05) is 4.90 Å². The average molecular weight is 383 g/mol. The highest BCUT2D eigenvalue weighted by atomic mass is 16.6. The van der Waals surface area contributed by atoms with E-state index in [4.69, 9.17) is 5.73 Å². The van der Waals surface area contributed by atoms with Gasteiger partial charge in [0, 0.05) is 36.4 Å². The number of nitrogens with one attached hydrogen (secondary N) is 2. The van der Waals surface area contributed by atoms with E-state index in [0.717, 1.165) is 0 Å². The van der Waals surface area contributed by atoms with Crippen molar-refractivity contribution in [1.82, 2.24) is 0 Å². The first-order chi connectivity index (χ1) is 13.4. The van der Waals surface area contributed by atoms with Gasteiger partial charge in [0.1, 0.15) is 5.69 Å². The Balaban J connectivity index is 1.60. The number of carbonyl (C=O) groups excluding carboxylic acids is 2. The Labute approximate surface area is 161 Å². The number of para-hydroxylation sites is 2. The minimum atomic E-state index is -0.675. The minimum Gasteiger partial charge on any atom is -0.366 e. The quantitative estimate of drug-likeness (QED) is 0.540. The van der Waals surface area contributed by atoms with E-state index in [9.17, 15) is 19.7 Å². The van der Waals surface area contributed by atoms with E-state index in [2.05, 4.69) is 10.6 Å². The first-order valence-electron chi connectivity index (χ1n) is 8.90. The maximum atomic E-state index is 12.6. The maximum absolute atomic E-state index is 12.6. The molecule has 1 aliphatic heterocycles. The normalized spacial score (nSPS) is 14.4. The van der Waals surface area contributed by atoms with Gasteiger partial charge >= 0.3 is 6.03 Å². The highest BCUT2D eigenvalue weighted by Crippen LogP contribution is 2.31. The van der Waals surface area contributed by atoms with Crippen LogP contribution in [0, 0.1) is 16.0 Å². The number of nitrogens with zero attached hydrogens (tertiary/aromatic N) is 2. The zero-order valence-corrected chi connectivity index (χ0v) is 15.1. The van der Waals surface area contributed by atoms with Crippen molar-refractivity contribution in [2.24, 2.45) is 11.7 Å². The van der Waals surface area contributed by atoms with Crippen molar-refractivity contribution in [3.05, 3.63) is 58.6 Å². The lowest BCUT2D eigenvalue weighted by molar-refractivity contribution is -0.384. The molecule has 1 saturated heterocycles. The molecule has 9 nitrogen and oxygen atoms in total. The summed E-state index contributed by atoms with van der Waals surface area (Å²) in [5, 5.41) is 16.5. The van der Waals surface area contributed by atoms with Crippen LogP contribution in [0.5, 0.6) is 0 Å². The Morgan fingerprint density at radius 3 is 2.32 bits per heavy atom. The molecule has 0 aliphatic carbocycles. The van der Waals surface area contributed by atoms with Crippen LogP contribution >= 0.6 is 0 Å². The van der Waals surface area contributed by atoms with Gasteiger partial charge < -0.3 is 21.3 Å². The molecule has 0 aromatic heterocycles. The molecule has 1 heterocycles. The molecule has 1 fully saturated rings. The molecule has 28 heavy (non-hydrogen) atoms. The highest BCUT2D eigenvalue weighted by Gasteiger charge is 2.28. The van der Waals surface area contributed by atoms with Crippen molar-refractivity contribution < 1.29 is 14.5 Å². The Kier molecular flexibility index (Phi) is 5.73. The molecule has 0 radical (unpaired) electrons. The Hall–Kier alpha value is -3.62. The summed E-state index contributed by atoms with van der Waals surface area (Å²) in [6, 6.07) is 12.7. The van der Waals surface area contributed by atoms with Crippen molar-refractivity contribution in [1.29, 1.82) is 0 Å². The zero-order chi connectivity index (χ0) is 20.1. The van der Waals surface area contributed by atoms with E-state index in [0.29, 0.717) is 43.0 Å². The second-order valence-corrected chi connectivity index (χ2v) is 6.57. The summed E-state index contributed by atoms with van der Waals surface area (Å²) in [6.07, 6.45) is 1.19. The first-order valence-corrected chi connectivity index (χ1v) is 8.90. The molecule has 3 amide bonds. The van der Waals surface area contributed by atoms with Gasteiger partial charge in [-0.15, -0.1) is 0 Å². The molecular weight excluding hydrogens is 362 g/mol. The van der Waals surface area contributed by atoms with E-state index in [1.54, 1.807) is 42.5 Å². The lowest BCUT2D eigenvalue weighted by Crippen LogP contribution is -2.38. The standard InChI is InChI=1S/C19H21N5O4/c20-19(26)22-15-5-3-4-14(12-15)21-18(25)13-8-10-23(11-9-13)16-6-1-2-7-17(16)24(27)28/h1-7,12-13H,8-11H2,(H,21,25)(H3,20,22,26). The summed E-state index contributed by atoms with van der Waals surface area (Å²) in [6.45, 7) is 1.12. The molecule has 4 N–H and O–H groups in total. The number of anilines is 3. The summed E-state index contributed by atoms with van der Waals surface area (Å²) in [4.78, 5) is 36.3. The summed E-state index contributed by atoms with van der Waals surface area (Å²) in [5.41, 5.74) is 6.82. The summed E-state index contributed by atoms with van der Waals surface area (Å²) < 4.78 is 0. The van der Waals surface area contributed by atoms with Crippen LogP contribution in [0.2, 0.25) is 0 Å². The number of amides is 3. The van der Waals surface area contributed by atoms with Crippen LogP contribution in [0.15, 0.2) is 48.5 Å². The van der Waals surface area contributed by atoms with Gasteiger partial charge in [0.25, 0.3) is 5.69 Å². The summed E-state index contributed by atoms with van der Waals surface area (Å²) in [5.74, 6) is -0.301. The summed E-state index contributed by atoms with van der Waals surface area (Å²) >= 11 is 0. The number of carbonyl (C=O) groups is 2. The third-order valence-corrected chi connectivity index (χ3v) is 4.68. The van der Waals surface area contributed by atoms with Gasteiger partial charge in [0.2, 0.25) is 5.91 Å². The Morgan fingerprint density at radius 2 is 1.68 bits per heavy atom. The van der Waals surface area contributed by atoms with E-state index < -0.39 is 6.03 Å². The van der Waals surface area contributed by atoms with Crippen LogP contribution in [0.4, 0.5) is 27.5 Å². The van der Waals surface area contributed by atoms with Crippen LogP contribution in [-0.4, -0.2) is 30.0 Å². The summed E-state index contributed by atoms with van der Waals surface area (Å²) in [7, 11) is 0. The number of primary amides is 1. The molecular formula is C19H21N5O4. The number of nitro benzene ring substituents is 1. The van der Waals surface area contributed by atoms with Gasteiger partial charge in [-0.25, -0.2) is 4.79 Å². The van der Waals surface area contributed by atoms with E-state index >= 15 is 0 Å². The monoisotopic (exact) mass is 383 g/mol. The molecule has 2 aromatic carbocycles. The fourth-order valence-corrected chi connectivity index (χ4v) is 3.33. The number of hydrogen-bond donors (Lipinski definition) is 3. The lowest BCUT2D eigenvalue weighted by atomic mass is 9.95. The third kappa shape index (κ3) is 4.56. The largest absolute Gasteiger partial charge is 0.366 e. The van der Waals surface area contributed by atoms with Crippen LogP contribution < -0.4 is 21.3 Å². The minimum absolute atomic E-state index is 0.0733. The van der Waals surface area contributed by atoms with Gasteiger partial charge in [0.05, 0.1) is 4.92 Å². The number of rotatable bonds is 5. The van der Waals surface area contributed by atoms with Crippen LogP contribution in [-0.2, 0) is 4.79 Å². The fourth-order valence-electron chi connectivity index (χ4n) is 3.33. The van der Waals surface area contributed by atoms with E-state index in [1.165, 1.54) is 6.07 Å². The topological polar surface area (TPSA) is 131 Å². The van der Waals surface area contributed by atoms with E-state index in [-0.39, 0.29) is 22.4 Å². The molecule has 1 aliphatic rings. The molecule has 2 aromatic rings. The molecule has 0 bridgehead atoms. The molecule has 0 saturated carbocycles. The van der Waals surface area contributed by atoms with Gasteiger partial charge in [0.15, 0.2) is 0 Å². The molecule has 3 rings (SSSR count). The van der Waals surface area contributed by atoms with Gasteiger partial charge in [-0.2, -0.15) is 0 Å². The second kappa shape index (κ2) is 8.38. The highest BCUT2D eigenvalue weighted by molar-refractivity contribution is 5.94. The van der Waals surface area contributed by atoms with Crippen LogP contribution in [0.25, 0.3) is 0 Å². The molecule has 0 atom stereocenters. The first kappa shape index (κ1) is 19.2. The molecule has 146 valence electrons. The second-order valence-electron chi connectivity index (χ2n) is 6.57. The van der Waals surface area contributed by atoms with Crippen molar-refractivity contribution >= 4 is 34.7 Å². The predicted molar refractivity (Wildman–Crippen MR) is 106 cm³/mol. The molecule has 9 heteroatoms. The smallest absolute Gasteiger partial charge is 0.316 e. The zero-order valence-electron chi connectivity index (χ0n) is 15.1. The molecule has 0 spiro atoms. The van der Waals surface area contributed by atoms with Crippen LogP contribution in [0.3, 0.4) is 0 Å². The van der Waals surface area contributed by atoms with Crippen molar-refractivity contribution in [3.8, 4) is 0 Å². The van der Waals surface area contributed by atoms with Gasteiger partial charge in [-0.3, -0.25) is 14.9 Å². The number of hydrogen-bond acceptors (Lipinski definition) is 5. The van der Waals surface area contributed by atoms with Crippen molar-refractivity contribution in [2.75, 3.05) is 28.6 Å². The Bertz CT molecular complexity index is 893. The van der Waals surface area contributed by atoms with Crippen molar-refractivity contribution in [2.45, 2.75) is 12.8 Å². The average Bonchev–Trinajstić information content (AvgIpc) is 2.68. The number of piperidine rings is 1. The third-order valence-electron chi connectivity index (χ3n) is 4.68. The van der Waals surface area contributed by atoms with Crippen molar-refractivity contribution in [3.63, 3.8) is 0 Å². The number of nitro groups is 1. The number of urea groups is 1. The predicted octanol–water partition coefficient (Wildman–Crippen LogP) is 2.94. The Morgan fingerprint density at radius 1 is 1.04 bits per heavy atom. The fraction of sp³-hybridized carbons (Fsp3) is 0.263. The number of nitrogens with two attached hydrogens (primary N) is 1. The number of benzene rings is 2. The van der Waals surface area contributed by atoms with Crippen LogP contribution in [0.1, 0.15) is 12.8 Å². The SMILES string of the molecule is NC(=O)Nc1cccc(NC(=O)C2CCN(c3ccccc3[N+](=O)[O-])CC2)c1.